The molecule has 3 fully saturated rings. The lowest BCUT2D eigenvalue weighted by molar-refractivity contribution is -0.256. The molecule has 3 heterocycles. The maximum absolute atomic E-state index is 12.1. The monoisotopic (exact) mass is 1400 g/mol. The van der Waals surface area contributed by atoms with Crippen molar-refractivity contribution < 1.29 is 92.1 Å². The van der Waals surface area contributed by atoms with Crippen molar-refractivity contribution in [1.29, 1.82) is 0 Å². The second-order valence-corrected chi connectivity index (χ2v) is 24.3. The van der Waals surface area contributed by atoms with E-state index in [-0.39, 0.29) is 80.0 Å². The van der Waals surface area contributed by atoms with Gasteiger partial charge in [0.15, 0.2) is 5.78 Å². The van der Waals surface area contributed by atoms with E-state index in [0.717, 1.165) is 135 Å². The Bertz CT molecular complexity index is 2150. The van der Waals surface area contributed by atoms with Crippen LogP contribution in [0.3, 0.4) is 0 Å². The number of fused-ring (bicyclic) bond motifs is 1. The zero-order valence-electron chi connectivity index (χ0n) is 64.3. The van der Waals surface area contributed by atoms with E-state index in [2.05, 4.69) is 51.9 Å². The lowest BCUT2D eigenvalue weighted by atomic mass is 9.92. The molecule has 0 bridgehead atoms. The number of nitrogens with two attached hydrogens (primary N) is 1. The third-order valence-electron chi connectivity index (χ3n) is 13.8. The molecule has 0 spiro atoms. The second kappa shape index (κ2) is 68.4. The molecule has 25 nitrogen and oxygen atoms in total. The number of hydrogen-bond acceptors (Lipinski definition) is 23. The summed E-state index contributed by atoms with van der Waals surface area (Å²) in [6, 6.07) is 7.98. The number of rotatable bonds is 52. The Kier molecular flexibility index (Phi) is 61.6. The van der Waals surface area contributed by atoms with Gasteiger partial charge in [0.05, 0.1) is 89.7 Å². The SMILES string of the molecule is C=CC(C)=O.CC(=O)CCNCCCOCCOCCCN.CC(=O)CCNCCCOCCOCCCNC(=O)CN(C)CCCC[C@@H]1SC[C@@H]2NC(=O)N[C@@H]21.CCCOCCOCCC.Cc1ccc(OC2OC(CO)C(O)C(O)C2C)cc1.[2H]C([2H])(CC)OCCOC([2H])([2H])CC. The Morgan fingerprint density at radius 2 is 1.17 bits per heavy atom. The molecule has 0 saturated carbocycles. The molecule has 10 N–H and O–H groups in total. The number of aryl methyl sites for hydroxylation is 1. The van der Waals surface area contributed by atoms with Crippen LogP contribution in [-0.2, 0) is 61.8 Å². The number of aliphatic hydroxyl groups excluding tert-OH is 3. The lowest BCUT2D eigenvalue weighted by Crippen LogP contribution is -2.56. The number of amides is 3. The van der Waals surface area contributed by atoms with E-state index in [4.69, 9.17) is 63.7 Å². The standard InChI is InChI=1S/C24H45N5O5S.C14H20O5.C12H26N2O3.2C8H18O2.C4H6O/c1-19(30)8-11-25-9-5-13-33-15-16-34-14-6-10-26-22(31)17-29(2)12-4-3-7-21-23-20(18-35-21)27-24(32)28-23;1-8-3-5-10(6-4-8)18-14-9(2)12(16)13(17)11(7-15)19-14;1-12(15)4-7-14-6-3-9-17-11-10-16-8-2-5-13;2*1-3-5-9-7-8-10-6-4-2;1-3-4(2)5/h20-21,23,25H,3-18H2,1-2H3,(H,26,31)(H2,27,28,32);3-6,9,11-17H,7H2,1-2H3;14H,2-11,13H2,1H3;2*3-8H2,1-2H3;3H,1H2,2H3/t20-,21-,23-;;;;;/m0...../s1/i;;;5D2,6D2;;. The number of hydrogen-bond donors (Lipinski definition) is 9. The minimum atomic E-state index is -1.64. The summed E-state index contributed by atoms with van der Waals surface area (Å²) in [5.74, 6) is 1.73. The molecular weight excluding hydrogens is 1260 g/mol. The average Bonchev–Trinajstić information content (AvgIpc) is 1.49. The maximum Gasteiger partial charge on any atom is 0.315 e. The number of aliphatic hydroxyl groups is 3. The fourth-order valence-electron chi connectivity index (χ4n) is 8.51. The summed E-state index contributed by atoms with van der Waals surface area (Å²) in [5, 5.41) is 44.6. The first-order chi connectivity index (χ1) is 47.8. The molecule has 562 valence electrons. The Hall–Kier alpha value is -3.78. The molecule has 3 saturated heterocycles. The largest absolute Gasteiger partial charge is 0.465 e. The summed E-state index contributed by atoms with van der Waals surface area (Å²) in [7, 11) is 1.98. The maximum atomic E-state index is 12.1. The van der Waals surface area contributed by atoms with E-state index in [1.54, 1.807) is 34.6 Å². The Morgan fingerprint density at radius 3 is 1.62 bits per heavy atom. The van der Waals surface area contributed by atoms with Gasteiger partial charge in [-0.05, 0) is 143 Å². The first-order valence-electron chi connectivity index (χ1n) is 36.7. The third kappa shape index (κ3) is 58.1. The highest BCUT2D eigenvalue weighted by molar-refractivity contribution is 8.00. The third-order valence-corrected chi connectivity index (χ3v) is 15.4. The van der Waals surface area contributed by atoms with Crippen molar-refractivity contribution in [1.82, 2.24) is 31.5 Å². The fourth-order valence-corrected chi connectivity index (χ4v) is 10.1. The zero-order valence-corrected chi connectivity index (χ0v) is 61.1. The van der Waals surface area contributed by atoms with Gasteiger partial charge >= 0.3 is 6.03 Å². The van der Waals surface area contributed by atoms with E-state index in [1.165, 1.54) is 13.0 Å². The van der Waals surface area contributed by atoms with Crippen molar-refractivity contribution in [2.24, 2.45) is 11.7 Å². The van der Waals surface area contributed by atoms with Gasteiger partial charge in [-0.3, -0.25) is 24.1 Å². The number of Topliss-reactive ketones (excluding diaryl/α,β-unsaturated/α-hetero) is 2. The van der Waals surface area contributed by atoms with Crippen molar-refractivity contribution in [2.45, 2.75) is 188 Å². The highest BCUT2D eigenvalue weighted by atomic mass is 32.2. The van der Waals surface area contributed by atoms with Gasteiger partial charge in [-0.2, -0.15) is 11.8 Å². The molecule has 26 heteroatoms. The number of urea groups is 1. The molecule has 3 amide bonds. The van der Waals surface area contributed by atoms with Crippen LogP contribution in [0.5, 0.6) is 5.75 Å². The lowest BCUT2D eigenvalue weighted by Gasteiger charge is -2.40. The van der Waals surface area contributed by atoms with Crippen molar-refractivity contribution in [3.8, 4) is 5.75 Å². The Morgan fingerprint density at radius 1 is 0.688 bits per heavy atom. The first kappa shape index (κ1) is 86.4. The summed E-state index contributed by atoms with van der Waals surface area (Å²) >= 11 is 1.95. The van der Waals surface area contributed by atoms with Gasteiger partial charge in [0.2, 0.25) is 12.2 Å². The molecule has 96 heavy (non-hydrogen) atoms. The van der Waals surface area contributed by atoms with Gasteiger partial charge in [-0.25, -0.2) is 4.79 Å². The van der Waals surface area contributed by atoms with E-state index >= 15 is 0 Å². The molecule has 0 aliphatic carbocycles. The number of nitrogens with zero attached hydrogens (tertiary/aromatic N) is 1. The topological polar surface area (TPSA) is 328 Å². The minimum absolute atomic E-state index is 0.0185. The quantitative estimate of drug-likeness (QED) is 0.0206. The van der Waals surface area contributed by atoms with E-state index < -0.39 is 37.7 Å². The number of ketones is 3. The number of allylic oxidation sites excluding steroid dienone is 1. The molecular formula is C70H133N7O18S. The van der Waals surface area contributed by atoms with Crippen LogP contribution in [-0.4, -0.2) is 269 Å². The number of thioether (sulfide) groups is 1. The smallest absolute Gasteiger partial charge is 0.315 e. The number of likely N-dealkylation sites (N-methyl/N-ethyl adjacent to an activating group) is 1. The molecule has 3 aliphatic rings. The van der Waals surface area contributed by atoms with E-state index in [0.29, 0.717) is 89.7 Å². The number of ether oxygens (including phenoxy) is 10. The molecule has 1 aromatic rings. The zero-order chi connectivity index (χ0) is 75.2. The fraction of sp³-hybridized carbons (Fsp3) is 0.814. The van der Waals surface area contributed by atoms with Gasteiger partial charge in [0.1, 0.15) is 29.5 Å². The number of benzene rings is 1. The summed E-state index contributed by atoms with van der Waals surface area (Å²) in [6.45, 7) is 29.8. The first-order valence-corrected chi connectivity index (χ1v) is 35.8. The summed E-state index contributed by atoms with van der Waals surface area (Å²) in [4.78, 5) is 56.8. The van der Waals surface area contributed by atoms with Crippen molar-refractivity contribution in [3.05, 3.63) is 42.5 Å². The van der Waals surface area contributed by atoms with Gasteiger partial charge in [0, 0.05) is 102 Å². The number of carbonyl (C=O) groups excluding carboxylic acids is 5. The molecule has 5 unspecified atom stereocenters. The van der Waals surface area contributed by atoms with Crippen LogP contribution in [0.4, 0.5) is 4.79 Å². The van der Waals surface area contributed by atoms with E-state index in [9.17, 15) is 34.2 Å². The van der Waals surface area contributed by atoms with Crippen molar-refractivity contribution in [3.63, 3.8) is 0 Å². The van der Waals surface area contributed by atoms with Crippen LogP contribution in [0.1, 0.15) is 150 Å². The van der Waals surface area contributed by atoms with Crippen molar-refractivity contribution >= 4 is 41.0 Å². The van der Waals surface area contributed by atoms with Crippen LogP contribution >= 0.6 is 11.8 Å². The summed E-state index contributed by atoms with van der Waals surface area (Å²) in [6.07, 6.45) is 8.37. The van der Waals surface area contributed by atoms with Crippen LogP contribution in [0.2, 0.25) is 0 Å². The van der Waals surface area contributed by atoms with Crippen LogP contribution in [0, 0.1) is 12.8 Å². The molecule has 0 radical (unpaired) electrons. The second-order valence-electron chi connectivity index (χ2n) is 23.0. The van der Waals surface area contributed by atoms with Crippen LogP contribution < -0.4 is 37.1 Å². The van der Waals surface area contributed by atoms with Crippen LogP contribution in [0.25, 0.3) is 0 Å². The van der Waals surface area contributed by atoms with Gasteiger partial charge in [-0.1, -0.05) is 65.3 Å². The Balaban J connectivity index is 0. The highest BCUT2D eigenvalue weighted by Gasteiger charge is 2.44. The number of unbranched alkanes of at least 4 members (excludes halogenated alkanes) is 1. The Labute approximate surface area is 587 Å². The predicted molar refractivity (Wildman–Crippen MR) is 381 cm³/mol. The van der Waals surface area contributed by atoms with Gasteiger partial charge < -0.3 is 95.0 Å². The van der Waals surface area contributed by atoms with Crippen LogP contribution in [0.15, 0.2) is 36.9 Å². The van der Waals surface area contributed by atoms with Gasteiger partial charge in [-0.15, -0.1) is 0 Å². The molecule has 3 aliphatic heterocycles. The normalized spacial score (nSPS) is 19.9. The minimum Gasteiger partial charge on any atom is -0.465 e. The predicted octanol–water partition coefficient (Wildman–Crippen LogP) is 5.97. The van der Waals surface area contributed by atoms with Gasteiger partial charge in [0.25, 0.3) is 0 Å². The molecule has 4 rings (SSSR count). The highest BCUT2D eigenvalue weighted by Crippen LogP contribution is 2.33. The van der Waals surface area contributed by atoms with E-state index in [1.807, 2.05) is 50.0 Å². The molecule has 0 aromatic heterocycles. The van der Waals surface area contributed by atoms with Crippen molar-refractivity contribution in [2.75, 3.05) is 177 Å². The molecule has 1 aromatic carbocycles. The molecule has 8 atom stereocenters. The summed E-state index contributed by atoms with van der Waals surface area (Å²) < 4.78 is 82.0. The average molecular weight is 1400 g/mol. The summed E-state index contributed by atoms with van der Waals surface area (Å²) in [5.41, 5.74) is 6.45. The number of nitrogens with one attached hydrogen (secondary N) is 5. The number of carbonyl (C=O) groups is 5.